The van der Waals surface area contributed by atoms with Gasteiger partial charge in [-0.1, -0.05) is 6.07 Å². The van der Waals surface area contributed by atoms with Crippen LogP contribution in [0.1, 0.15) is 18.3 Å². The molecule has 13 heavy (non-hydrogen) atoms. The van der Waals surface area contributed by atoms with E-state index in [2.05, 4.69) is 4.98 Å². The van der Waals surface area contributed by atoms with Crippen LogP contribution in [0, 0.1) is 0 Å². The second-order valence-electron chi connectivity index (χ2n) is 3.03. The lowest BCUT2D eigenvalue weighted by Crippen LogP contribution is -2.10. The third-order valence-corrected chi connectivity index (χ3v) is 1.93. The van der Waals surface area contributed by atoms with Crippen molar-refractivity contribution in [1.82, 2.24) is 4.98 Å². The molecule has 0 aliphatic carbocycles. The van der Waals surface area contributed by atoms with Gasteiger partial charge in [-0.3, -0.25) is 4.98 Å². The van der Waals surface area contributed by atoms with Crippen molar-refractivity contribution >= 4 is 0 Å². The molecule has 0 saturated heterocycles. The van der Waals surface area contributed by atoms with E-state index >= 15 is 0 Å². The van der Waals surface area contributed by atoms with Gasteiger partial charge >= 0.3 is 0 Å². The van der Waals surface area contributed by atoms with Gasteiger partial charge < -0.3 is 9.84 Å². The van der Waals surface area contributed by atoms with Gasteiger partial charge in [0.05, 0.1) is 18.4 Å². The van der Waals surface area contributed by atoms with Crippen LogP contribution in [0.5, 0.6) is 0 Å². The molecule has 0 saturated carbocycles. The molecule has 0 amide bonds. The second-order valence-corrected chi connectivity index (χ2v) is 3.03. The number of hydrogen-bond donors (Lipinski definition) is 1. The molecule has 1 aromatic rings. The fraction of sp³-hybridized carbons (Fsp3) is 0.500. The van der Waals surface area contributed by atoms with Crippen molar-refractivity contribution in [1.29, 1.82) is 0 Å². The highest BCUT2D eigenvalue weighted by Gasteiger charge is 2.03. The molecule has 1 unspecified atom stereocenters. The molecule has 1 N–H and O–H groups in total. The topological polar surface area (TPSA) is 42.4 Å². The van der Waals surface area contributed by atoms with Gasteiger partial charge in [0.1, 0.15) is 0 Å². The zero-order chi connectivity index (χ0) is 9.68. The molecule has 0 aliphatic heterocycles. The van der Waals surface area contributed by atoms with E-state index in [-0.39, 0.29) is 12.7 Å². The van der Waals surface area contributed by atoms with Gasteiger partial charge in [-0.2, -0.15) is 0 Å². The number of nitrogens with zero attached hydrogens (tertiary/aromatic N) is 1. The summed E-state index contributed by atoms with van der Waals surface area (Å²) in [5, 5.41) is 8.86. The Balaban J connectivity index is 2.66. The van der Waals surface area contributed by atoms with Crippen LogP contribution < -0.4 is 0 Å². The zero-order valence-corrected chi connectivity index (χ0v) is 8.03. The minimum atomic E-state index is -0.00476. The lowest BCUT2D eigenvalue weighted by molar-refractivity contribution is 0.118. The van der Waals surface area contributed by atoms with Crippen LogP contribution in [0.4, 0.5) is 0 Å². The predicted molar refractivity (Wildman–Crippen MR) is 50.3 cm³/mol. The Labute approximate surface area is 78.4 Å². The normalized spacial score (nSPS) is 12.8. The Morgan fingerprint density at radius 1 is 1.46 bits per heavy atom. The molecule has 0 fully saturated rings. The summed E-state index contributed by atoms with van der Waals surface area (Å²) in [4.78, 5) is 4.25. The molecule has 0 spiro atoms. The van der Waals surface area contributed by atoms with E-state index in [0.29, 0.717) is 5.69 Å². The number of aliphatic hydroxyl groups is 1. The summed E-state index contributed by atoms with van der Waals surface area (Å²) in [6, 6.07) is 5.64. The molecule has 1 aromatic heterocycles. The molecule has 1 heterocycles. The Morgan fingerprint density at radius 3 is 2.77 bits per heavy atom. The van der Waals surface area contributed by atoms with Gasteiger partial charge in [-0.25, -0.2) is 0 Å². The first-order valence-corrected chi connectivity index (χ1v) is 4.34. The van der Waals surface area contributed by atoms with Gasteiger partial charge in [-0.15, -0.1) is 0 Å². The second kappa shape index (κ2) is 4.94. The van der Waals surface area contributed by atoms with Crippen molar-refractivity contribution in [2.75, 3.05) is 7.11 Å². The van der Waals surface area contributed by atoms with Crippen LogP contribution >= 0.6 is 0 Å². The molecule has 0 aromatic carbocycles. The average molecular weight is 181 g/mol. The molecular formula is C10H15NO2. The van der Waals surface area contributed by atoms with Gasteiger partial charge in [0.15, 0.2) is 0 Å². The van der Waals surface area contributed by atoms with E-state index in [1.807, 2.05) is 19.1 Å². The van der Waals surface area contributed by atoms with Crippen LogP contribution in [0.3, 0.4) is 0 Å². The highest BCUT2D eigenvalue weighted by atomic mass is 16.5. The Morgan fingerprint density at radius 2 is 2.15 bits per heavy atom. The molecule has 72 valence electrons. The molecule has 1 rings (SSSR count). The number of aliphatic hydroxyl groups excluding tert-OH is 1. The minimum Gasteiger partial charge on any atom is -0.390 e. The van der Waals surface area contributed by atoms with Gasteiger partial charge in [0, 0.05) is 19.2 Å². The number of rotatable bonds is 4. The van der Waals surface area contributed by atoms with E-state index < -0.39 is 0 Å². The van der Waals surface area contributed by atoms with Crippen molar-refractivity contribution in [3.05, 3.63) is 29.6 Å². The molecule has 0 aliphatic rings. The van der Waals surface area contributed by atoms with Crippen molar-refractivity contribution in [2.45, 2.75) is 26.1 Å². The highest BCUT2D eigenvalue weighted by molar-refractivity contribution is 5.11. The number of hydrogen-bond acceptors (Lipinski definition) is 3. The summed E-state index contributed by atoms with van der Waals surface area (Å²) in [6.07, 6.45) is 0.950. The molecule has 0 bridgehead atoms. The van der Waals surface area contributed by atoms with Gasteiger partial charge in [-0.05, 0) is 19.1 Å². The minimum absolute atomic E-state index is 0.00476. The van der Waals surface area contributed by atoms with Gasteiger partial charge in [0.2, 0.25) is 0 Å². The summed E-state index contributed by atoms with van der Waals surface area (Å²) < 4.78 is 5.13. The summed E-state index contributed by atoms with van der Waals surface area (Å²) in [5.74, 6) is 0. The van der Waals surface area contributed by atoms with E-state index in [1.165, 1.54) is 0 Å². The Bertz CT molecular complexity index is 263. The summed E-state index contributed by atoms with van der Waals surface area (Å²) in [7, 11) is 1.68. The number of pyridine rings is 1. The van der Waals surface area contributed by atoms with Crippen molar-refractivity contribution < 1.29 is 9.84 Å². The third kappa shape index (κ3) is 3.13. The fourth-order valence-electron chi connectivity index (χ4n) is 1.11. The summed E-state index contributed by atoms with van der Waals surface area (Å²) in [6.45, 7) is 1.99. The van der Waals surface area contributed by atoms with Crippen LogP contribution in [0.2, 0.25) is 0 Å². The van der Waals surface area contributed by atoms with E-state index in [9.17, 15) is 0 Å². The number of ether oxygens (including phenoxy) is 1. The molecule has 3 nitrogen and oxygen atoms in total. The predicted octanol–water partition coefficient (Wildman–Crippen LogP) is 1.15. The molecular weight excluding hydrogens is 166 g/mol. The van der Waals surface area contributed by atoms with Gasteiger partial charge in [0.25, 0.3) is 0 Å². The first kappa shape index (κ1) is 10.2. The SMILES string of the molecule is COC(C)Cc1cccc(CO)n1. The first-order chi connectivity index (χ1) is 6.26. The van der Waals surface area contributed by atoms with Crippen molar-refractivity contribution in [2.24, 2.45) is 0 Å². The quantitative estimate of drug-likeness (QED) is 0.757. The molecule has 0 radical (unpaired) electrons. The summed E-state index contributed by atoms with van der Waals surface area (Å²) >= 11 is 0. The summed E-state index contributed by atoms with van der Waals surface area (Å²) in [5.41, 5.74) is 1.67. The molecule has 1 atom stereocenters. The van der Waals surface area contributed by atoms with Crippen molar-refractivity contribution in [3.8, 4) is 0 Å². The van der Waals surface area contributed by atoms with Crippen LogP contribution in [-0.2, 0) is 17.8 Å². The monoisotopic (exact) mass is 181 g/mol. The maximum atomic E-state index is 8.86. The Kier molecular flexibility index (Phi) is 3.86. The van der Waals surface area contributed by atoms with Crippen LogP contribution in [0.15, 0.2) is 18.2 Å². The largest absolute Gasteiger partial charge is 0.390 e. The third-order valence-electron chi connectivity index (χ3n) is 1.93. The van der Waals surface area contributed by atoms with Crippen molar-refractivity contribution in [3.63, 3.8) is 0 Å². The maximum Gasteiger partial charge on any atom is 0.0853 e. The molecule has 3 heteroatoms. The number of aromatic nitrogens is 1. The lowest BCUT2D eigenvalue weighted by Gasteiger charge is -2.08. The maximum absolute atomic E-state index is 8.86. The number of methoxy groups -OCH3 is 1. The van der Waals surface area contributed by atoms with E-state index in [0.717, 1.165) is 12.1 Å². The zero-order valence-electron chi connectivity index (χ0n) is 8.03. The van der Waals surface area contributed by atoms with E-state index in [1.54, 1.807) is 13.2 Å². The Hall–Kier alpha value is -0.930. The lowest BCUT2D eigenvalue weighted by atomic mass is 10.2. The highest BCUT2D eigenvalue weighted by Crippen LogP contribution is 2.04. The van der Waals surface area contributed by atoms with E-state index in [4.69, 9.17) is 9.84 Å². The fourth-order valence-corrected chi connectivity index (χ4v) is 1.11. The van der Waals surface area contributed by atoms with Crippen LogP contribution in [-0.4, -0.2) is 23.3 Å². The smallest absolute Gasteiger partial charge is 0.0853 e. The first-order valence-electron chi connectivity index (χ1n) is 4.34. The van der Waals surface area contributed by atoms with Crippen LogP contribution in [0.25, 0.3) is 0 Å². The standard InChI is InChI=1S/C10H15NO2/c1-8(13-2)6-9-4-3-5-10(7-12)11-9/h3-5,8,12H,6-7H2,1-2H3. The average Bonchev–Trinajstić information content (AvgIpc) is 2.18.